The van der Waals surface area contributed by atoms with Crippen LogP contribution in [0.1, 0.15) is 55.3 Å². The highest BCUT2D eigenvalue weighted by molar-refractivity contribution is 5.95. The summed E-state index contributed by atoms with van der Waals surface area (Å²) < 4.78 is 20.9. The van der Waals surface area contributed by atoms with E-state index >= 15 is 0 Å². The second-order valence-electron chi connectivity index (χ2n) is 9.05. The molecule has 8 nitrogen and oxygen atoms in total. The van der Waals surface area contributed by atoms with E-state index in [1.165, 1.54) is 19.1 Å². The van der Waals surface area contributed by atoms with Crippen molar-refractivity contribution in [1.29, 1.82) is 0 Å². The van der Waals surface area contributed by atoms with Gasteiger partial charge in [-0.1, -0.05) is 33.8 Å². The first-order valence-corrected chi connectivity index (χ1v) is 10.1. The number of carbonyl (C=O) groups excluding carboxylic acids is 4. The number of ketones is 1. The fourth-order valence-electron chi connectivity index (χ4n) is 2.44. The second kappa shape index (κ2) is 12.1. The van der Waals surface area contributed by atoms with E-state index in [9.17, 15) is 19.2 Å². The number of methoxy groups -OCH3 is 1. The van der Waals surface area contributed by atoms with Crippen LogP contribution in [0.2, 0.25) is 0 Å². The highest BCUT2D eigenvalue weighted by Gasteiger charge is 2.24. The fourth-order valence-corrected chi connectivity index (χ4v) is 2.44. The molecule has 0 fully saturated rings. The molecule has 1 rings (SSSR count). The summed E-state index contributed by atoms with van der Waals surface area (Å²) in [5.41, 5.74) is -0.553. The van der Waals surface area contributed by atoms with Gasteiger partial charge >= 0.3 is 17.9 Å². The van der Waals surface area contributed by atoms with Gasteiger partial charge in [-0.2, -0.15) is 0 Å². The molecule has 0 saturated carbocycles. The Morgan fingerprint density at radius 2 is 1.25 bits per heavy atom. The molecule has 8 heteroatoms. The van der Waals surface area contributed by atoms with Crippen LogP contribution in [0.4, 0.5) is 0 Å². The summed E-state index contributed by atoms with van der Waals surface area (Å²) in [6.07, 6.45) is 2.16. The average molecular weight is 449 g/mol. The second-order valence-corrected chi connectivity index (χ2v) is 9.05. The number of hydrogen-bond acceptors (Lipinski definition) is 8. The minimum absolute atomic E-state index is 0.00894. The number of esters is 3. The van der Waals surface area contributed by atoms with Crippen molar-refractivity contribution < 1.29 is 38.1 Å². The van der Waals surface area contributed by atoms with Crippen LogP contribution in [-0.2, 0) is 28.5 Å². The molecule has 32 heavy (non-hydrogen) atoms. The fraction of sp³-hybridized carbons (Fsp3) is 0.500. The molecule has 0 aliphatic heterocycles. The molecule has 0 atom stereocenters. The third kappa shape index (κ3) is 10.3. The maximum atomic E-state index is 12.4. The van der Waals surface area contributed by atoms with Crippen LogP contribution in [0.5, 0.6) is 0 Å². The Balaban J connectivity index is 2.63. The van der Waals surface area contributed by atoms with Crippen molar-refractivity contribution in [2.45, 2.75) is 34.6 Å². The molecule has 0 saturated heterocycles. The highest BCUT2D eigenvalue weighted by Crippen LogP contribution is 2.19. The third-order valence-electron chi connectivity index (χ3n) is 4.12. The van der Waals surface area contributed by atoms with Gasteiger partial charge in [-0.25, -0.2) is 14.4 Å². The summed E-state index contributed by atoms with van der Waals surface area (Å²) >= 11 is 0. The van der Waals surface area contributed by atoms with E-state index < -0.39 is 23.3 Å². The maximum absolute atomic E-state index is 12.4. The molecule has 0 unspecified atom stereocenters. The summed E-state index contributed by atoms with van der Waals surface area (Å²) in [4.78, 5) is 47.2. The summed E-state index contributed by atoms with van der Waals surface area (Å²) in [6, 6.07) is 6.07. The Bertz CT molecular complexity index is 851. The smallest absolute Gasteiger partial charge is 0.338 e. The van der Waals surface area contributed by atoms with Gasteiger partial charge in [0.2, 0.25) is 0 Å². The van der Waals surface area contributed by atoms with Crippen molar-refractivity contribution in [1.82, 2.24) is 0 Å². The van der Waals surface area contributed by atoms with Crippen LogP contribution in [0.15, 0.2) is 36.4 Å². The maximum Gasteiger partial charge on any atom is 0.338 e. The molecular weight excluding hydrogens is 416 g/mol. The van der Waals surface area contributed by atoms with Gasteiger partial charge in [0.1, 0.15) is 0 Å². The van der Waals surface area contributed by atoms with Gasteiger partial charge in [-0.3, -0.25) is 4.79 Å². The number of allylic oxidation sites excluding steroid dienone is 1. The third-order valence-corrected chi connectivity index (χ3v) is 4.12. The summed E-state index contributed by atoms with van der Waals surface area (Å²) in [6.45, 7) is 9.25. The van der Waals surface area contributed by atoms with Crippen molar-refractivity contribution in [2.75, 3.05) is 33.5 Å². The Morgan fingerprint density at radius 3 is 1.72 bits per heavy atom. The standard InChI is InChI=1S/C24H32O8/c1-17(25)10-11-20(26)30-14-24(4,5)16-32-22(28)19-9-7-8-18(12-19)21(27)31-15-23(2,3)13-29-6/h7-12H,13-16H2,1-6H3. The molecule has 0 heterocycles. The Morgan fingerprint density at radius 1 is 0.781 bits per heavy atom. The van der Waals surface area contributed by atoms with E-state index in [2.05, 4.69) is 0 Å². The summed E-state index contributed by atoms with van der Waals surface area (Å²) in [7, 11) is 1.58. The van der Waals surface area contributed by atoms with Crippen LogP contribution >= 0.6 is 0 Å². The molecular formula is C24H32O8. The van der Waals surface area contributed by atoms with Crippen LogP contribution in [0, 0.1) is 10.8 Å². The Kier molecular flexibility index (Phi) is 10.3. The van der Waals surface area contributed by atoms with E-state index in [4.69, 9.17) is 18.9 Å². The molecule has 0 aliphatic carbocycles. The lowest BCUT2D eigenvalue weighted by molar-refractivity contribution is -0.141. The number of benzene rings is 1. The van der Waals surface area contributed by atoms with E-state index in [1.807, 2.05) is 13.8 Å². The van der Waals surface area contributed by atoms with Crippen LogP contribution < -0.4 is 0 Å². The van der Waals surface area contributed by atoms with Crippen molar-refractivity contribution in [3.63, 3.8) is 0 Å². The molecule has 0 aliphatic rings. The zero-order valence-corrected chi connectivity index (χ0v) is 19.6. The zero-order chi connectivity index (χ0) is 24.4. The van der Waals surface area contributed by atoms with Crippen molar-refractivity contribution in [3.8, 4) is 0 Å². The SMILES string of the molecule is COCC(C)(C)COC(=O)c1cccc(C(=O)OCC(C)(C)COC(=O)C=CC(C)=O)c1. The minimum atomic E-state index is -0.654. The lowest BCUT2D eigenvalue weighted by Gasteiger charge is -2.23. The Labute approximate surface area is 188 Å². The highest BCUT2D eigenvalue weighted by atomic mass is 16.5. The van der Waals surface area contributed by atoms with Crippen LogP contribution in [0.25, 0.3) is 0 Å². The van der Waals surface area contributed by atoms with Gasteiger partial charge in [0.25, 0.3) is 0 Å². The molecule has 0 aromatic heterocycles. The predicted octanol–water partition coefficient (Wildman–Crippen LogP) is 3.39. The molecule has 1 aromatic rings. The van der Waals surface area contributed by atoms with Crippen molar-refractivity contribution >= 4 is 23.7 Å². The van der Waals surface area contributed by atoms with Crippen LogP contribution in [-0.4, -0.2) is 57.2 Å². The molecule has 0 spiro atoms. The number of ether oxygens (including phenoxy) is 4. The normalized spacial score (nSPS) is 11.8. The number of carbonyl (C=O) groups is 4. The van der Waals surface area contributed by atoms with Gasteiger partial charge in [-0.05, 0) is 31.2 Å². The first kappa shape index (κ1) is 27.0. The molecule has 0 bridgehead atoms. The van der Waals surface area contributed by atoms with E-state index in [0.717, 1.165) is 12.2 Å². The van der Waals surface area contributed by atoms with Crippen molar-refractivity contribution in [3.05, 3.63) is 47.5 Å². The first-order valence-electron chi connectivity index (χ1n) is 10.1. The topological polar surface area (TPSA) is 105 Å². The number of rotatable bonds is 12. The summed E-state index contributed by atoms with van der Waals surface area (Å²) in [5, 5.41) is 0. The largest absolute Gasteiger partial charge is 0.462 e. The lowest BCUT2D eigenvalue weighted by atomic mass is 9.96. The predicted molar refractivity (Wildman–Crippen MR) is 117 cm³/mol. The first-order chi connectivity index (χ1) is 14.8. The van der Waals surface area contributed by atoms with Gasteiger partial charge < -0.3 is 18.9 Å². The Hall–Kier alpha value is -3.00. The quantitative estimate of drug-likeness (QED) is 0.272. The zero-order valence-electron chi connectivity index (χ0n) is 19.6. The molecule has 0 N–H and O–H groups in total. The van der Waals surface area contributed by atoms with Crippen LogP contribution in [0.3, 0.4) is 0 Å². The molecule has 1 aromatic carbocycles. The molecule has 176 valence electrons. The average Bonchev–Trinajstić information content (AvgIpc) is 2.73. The lowest BCUT2D eigenvalue weighted by Crippen LogP contribution is -2.28. The van der Waals surface area contributed by atoms with Gasteiger partial charge in [0.15, 0.2) is 5.78 Å². The van der Waals surface area contributed by atoms with Crippen molar-refractivity contribution in [2.24, 2.45) is 10.8 Å². The van der Waals surface area contributed by atoms with Gasteiger partial charge in [0, 0.05) is 24.0 Å². The van der Waals surface area contributed by atoms with E-state index in [1.54, 1.807) is 33.1 Å². The van der Waals surface area contributed by atoms with E-state index in [0.29, 0.717) is 6.61 Å². The molecule has 0 amide bonds. The van der Waals surface area contributed by atoms with Gasteiger partial charge in [-0.15, -0.1) is 0 Å². The monoisotopic (exact) mass is 448 g/mol. The number of hydrogen-bond donors (Lipinski definition) is 0. The minimum Gasteiger partial charge on any atom is -0.462 e. The van der Waals surface area contributed by atoms with Gasteiger partial charge in [0.05, 0.1) is 37.6 Å². The summed E-state index contributed by atoms with van der Waals surface area (Å²) in [5.74, 6) is -2.08. The molecule has 0 radical (unpaired) electrons. The van der Waals surface area contributed by atoms with E-state index in [-0.39, 0.29) is 42.1 Å².